The molecule has 2 rings (SSSR count). The van der Waals surface area contributed by atoms with E-state index in [2.05, 4.69) is 36.8 Å². The van der Waals surface area contributed by atoms with Crippen molar-refractivity contribution in [1.82, 2.24) is 9.80 Å². The van der Waals surface area contributed by atoms with E-state index in [-0.39, 0.29) is 5.91 Å². The molecule has 1 aliphatic rings. The van der Waals surface area contributed by atoms with Gasteiger partial charge in [0.1, 0.15) is 0 Å². The molecule has 0 spiro atoms. The molecule has 1 heterocycles. The summed E-state index contributed by atoms with van der Waals surface area (Å²) < 4.78 is 1.05. The molecule has 1 aliphatic heterocycles. The molecule has 1 amide bonds. The van der Waals surface area contributed by atoms with Crippen molar-refractivity contribution in [1.29, 1.82) is 0 Å². The standard InChI is InChI=1S/C14H18Br2N2O/c1-11-10-12(2-3-13(11)16)14(19)18-8-6-17(5-4-15)7-9-18/h2-3,10H,4-9H2,1H3. The minimum Gasteiger partial charge on any atom is -0.336 e. The van der Waals surface area contributed by atoms with Gasteiger partial charge < -0.3 is 4.90 Å². The molecule has 0 atom stereocenters. The summed E-state index contributed by atoms with van der Waals surface area (Å²) in [5.74, 6) is 0.147. The van der Waals surface area contributed by atoms with E-state index in [1.54, 1.807) is 0 Å². The van der Waals surface area contributed by atoms with Gasteiger partial charge in [0.05, 0.1) is 0 Å². The number of halogens is 2. The van der Waals surface area contributed by atoms with Crippen LogP contribution in [-0.4, -0.2) is 53.8 Å². The van der Waals surface area contributed by atoms with E-state index in [4.69, 9.17) is 0 Å². The number of carbonyl (C=O) groups excluding carboxylic acids is 1. The van der Waals surface area contributed by atoms with E-state index >= 15 is 0 Å². The predicted molar refractivity (Wildman–Crippen MR) is 85.0 cm³/mol. The number of rotatable bonds is 3. The Balaban J connectivity index is 1.99. The van der Waals surface area contributed by atoms with Crippen molar-refractivity contribution in [3.8, 4) is 0 Å². The molecule has 1 saturated heterocycles. The van der Waals surface area contributed by atoms with Gasteiger partial charge in [0.15, 0.2) is 0 Å². The number of hydrogen-bond acceptors (Lipinski definition) is 2. The van der Waals surface area contributed by atoms with Crippen molar-refractivity contribution in [3.05, 3.63) is 33.8 Å². The van der Waals surface area contributed by atoms with E-state index < -0.39 is 0 Å². The zero-order valence-electron chi connectivity index (χ0n) is 11.0. The highest BCUT2D eigenvalue weighted by Crippen LogP contribution is 2.18. The highest BCUT2D eigenvalue weighted by Gasteiger charge is 2.21. The molecule has 5 heteroatoms. The van der Waals surface area contributed by atoms with Gasteiger partial charge in [-0.05, 0) is 30.7 Å². The van der Waals surface area contributed by atoms with Gasteiger partial charge in [-0.3, -0.25) is 9.69 Å². The predicted octanol–water partition coefficient (Wildman–Crippen LogP) is 2.91. The molecule has 0 radical (unpaired) electrons. The third kappa shape index (κ3) is 3.80. The Bertz CT molecular complexity index is 457. The number of carbonyl (C=O) groups is 1. The first kappa shape index (κ1) is 15.0. The number of alkyl halides is 1. The molecule has 0 N–H and O–H groups in total. The second-order valence-corrected chi connectivity index (χ2v) is 6.43. The maximum atomic E-state index is 12.4. The fourth-order valence-corrected chi connectivity index (χ4v) is 3.00. The normalized spacial score (nSPS) is 16.7. The van der Waals surface area contributed by atoms with Gasteiger partial charge >= 0.3 is 0 Å². The summed E-state index contributed by atoms with van der Waals surface area (Å²) in [6.07, 6.45) is 0. The SMILES string of the molecule is Cc1cc(C(=O)N2CCN(CCBr)CC2)ccc1Br. The summed E-state index contributed by atoms with van der Waals surface area (Å²) >= 11 is 6.92. The first-order valence-corrected chi connectivity index (χ1v) is 8.37. The maximum Gasteiger partial charge on any atom is 0.253 e. The Morgan fingerprint density at radius 2 is 1.95 bits per heavy atom. The highest BCUT2D eigenvalue weighted by molar-refractivity contribution is 9.10. The van der Waals surface area contributed by atoms with Crippen LogP contribution in [0.2, 0.25) is 0 Å². The summed E-state index contributed by atoms with van der Waals surface area (Å²) in [5.41, 5.74) is 1.89. The molecule has 1 aromatic carbocycles. The number of piperazine rings is 1. The lowest BCUT2D eigenvalue weighted by molar-refractivity contribution is 0.0645. The van der Waals surface area contributed by atoms with E-state index in [0.717, 1.165) is 53.7 Å². The Hall–Kier alpha value is -0.390. The molecule has 19 heavy (non-hydrogen) atoms. The minimum absolute atomic E-state index is 0.147. The van der Waals surface area contributed by atoms with E-state index in [9.17, 15) is 4.79 Å². The zero-order chi connectivity index (χ0) is 13.8. The largest absolute Gasteiger partial charge is 0.336 e. The first-order valence-electron chi connectivity index (χ1n) is 6.45. The quantitative estimate of drug-likeness (QED) is 0.742. The molecule has 1 aromatic rings. The number of benzene rings is 1. The van der Waals surface area contributed by atoms with Crippen molar-refractivity contribution in [2.24, 2.45) is 0 Å². The second-order valence-electron chi connectivity index (χ2n) is 4.79. The number of hydrogen-bond donors (Lipinski definition) is 0. The van der Waals surface area contributed by atoms with Gasteiger partial charge in [-0.25, -0.2) is 0 Å². The molecule has 0 unspecified atom stereocenters. The first-order chi connectivity index (χ1) is 9.11. The molecular weight excluding hydrogens is 372 g/mol. The Morgan fingerprint density at radius 3 is 2.53 bits per heavy atom. The van der Waals surface area contributed by atoms with Crippen LogP contribution >= 0.6 is 31.9 Å². The molecule has 3 nitrogen and oxygen atoms in total. The Labute approximate surface area is 131 Å². The molecule has 1 fully saturated rings. The third-order valence-electron chi connectivity index (χ3n) is 3.47. The van der Waals surface area contributed by atoms with E-state index in [0.29, 0.717) is 0 Å². The highest BCUT2D eigenvalue weighted by atomic mass is 79.9. The topological polar surface area (TPSA) is 23.6 Å². The van der Waals surface area contributed by atoms with Crippen LogP contribution in [0.15, 0.2) is 22.7 Å². The summed E-state index contributed by atoms with van der Waals surface area (Å²) in [6.45, 7) is 6.63. The summed E-state index contributed by atoms with van der Waals surface area (Å²) in [7, 11) is 0. The van der Waals surface area contributed by atoms with Crippen LogP contribution in [0.4, 0.5) is 0 Å². The number of aryl methyl sites for hydroxylation is 1. The molecule has 0 aliphatic carbocycles. The van der Waals surface area contributed by atoms with Crippen LogP contribution in [0, 0.1) is 6.92 Å². The fourth-order valence-electron chi connectivity index (χ4n) is 2.25. The zero-order valence-corrected chi connectivity index (χ0v) is 14.2. The van der Waals surface area contributed by atoms with Crippen LogP contribution < -0.4 is 0 Å². The van der Waals surface area contributed by atoms with Crippen molar-refractivity contribution < 1.29 is 4.79 Å². The van der Waals surface area contributed by atoms with E-state index in [1.165, 1.54) is 0 Å². The van der Waals surface area contributed by atoms with Crippen molar-refractivity contribution >= 4 is 37.8 Å². The van der Waals surface area contributed by atoms with Gasteiger partial charge in [0.2, 0.25) is 0 Å². The fraction of sp³-hybridized carbons (Fsp3) is 0.500. The second kappa shape index (κ2) is 6.86. The lowest BCUT2D eigenvalue weighted by Crippen LogP contribution is -2.49. The number of amides is 1. The van der Waals surface area contributed by atoms with Gasteiger partial charge in [0.25, 0.3) is 5.91 Å². The molecule has 0 saturated carbocycles. The van der Waals surface area contributed by atoms with Gasteiger partial charge in [-0.2, -0.15) is 0 Å². The summed E-state index contributed by atoms with van der Waals surface area (Å²) in [6, 6.07) is 5.80. The smallest absolute Gasteiger partial charge is 0.253 e. The monoisotopic (exact) mass is 388 g/mol. The van der Waals surface area contributed by atoms with E-state index in [1.807, 2.05) is 30.0 Å². The third-order valence-corrected chi connectivity index (χ3v) is 4.71. The van der Waals surface area contributed by atoms with Crippen LogP contribution in [0.3, 0.4) is 0 Å². The Kier molecular flexibility index (Phi) is 5.42. The van der Waals surface area contributed by atoms with Crippen molar-refractivity contribution in [2.45, 2.75) is 6.92 Å². The molecule has 104 valence electrons. The van der Waals surface area contributed by atoms with Gasteiger partial charge in [0, 0.05) is 48.1 Å². The summed E-state index contributed by atoms with van der Waals surface area (Å²) in [5, 5.41) is 0.993. The van der Waals surface area contributed by atoms with Gasteiger partial charge in [-0.1, -0.05) is 31.9 Å². The van der Waals surface area contributed by atoms with Crippen LogP contribution in [0.5, 0.6) is 0 Å². The lowest BCUT2D eigenvalue weighted by atomic mass is 10.1. The average Bonchev–Trinajstić information content (AvgIpc) is 2.42. The summed E-state index contributed by atoms with van der Waals surface area (Å²) in [4.78, 5) is 16.7. The molecular formula is C14H18Br2N2O. The molecule has 0 aromatic heterocycles. The number of nitrogens with zero attached hydrogens (tertiary/aromatic N) is 2. The van der Waals surface area contributed by atoms with Crippen molar-refractivity contribution in [3.63, 3.8) is 0 Å². The van der Waals surface area contributed by atoms with Crippen LogP contribution in [0.25, 0.3) is 0 Å². The average molecular weight is 390 g/mol. The van der Waals surface area contributed by atoms with Crippen molar-refractivity contribution in [2.75, 3.05) is 38.1 Å². The minimum atomic E-state index is 0.147. The molecule has 0 bridgehead atoms. The van der Waals surface area contributed by atoms with Crippen LogP contribution in [0.1, 0.15) is 15.9 Å². The Morgan fingerprint density at radius 1 is 1.26 bits per heavy atom. The van der Waals surface area contributed by atoms with Crippen LogP contribution in [-0.2, 0) is 0 Å². The maximum absolute atomic E-state index is 12.4. The van der Waals surface area contributed by atoms with Gasteiger partial charge in [-0.15, -0.1) is 0 Å². The lowest BCUT2D eigenvalue weighted by Gasteiger charge is -2.34.